The fourth-order valence-electron chi connectivity index (χ4n) is 4.70. The molecule has 0 spiro atoms. The van der Waals surface area contributed by atoms with E-state index in [1.165, 1.54) is 15.0 Å². The van der Waals surface area contributed by atoms with E-state index in [-0.39, 0.29) is 11.9 Å². The van der Waals surface area contributed by atoms with Crippen LogP contribution < -0.4 is 10.2 Å². The topological polar surface area (TPSA) is 52.9 Å². The Hall–Kier alpha value is -2.90. The molecular formula is C26H31N5OS. The molecule has 1 aliphatic heterocycles. The van der Waals surface area contributed by atoms with Crippen molar-refractivity contribution in [3.8, 4) is 0 Å². The van der Waals surface area contributed by atoms with Crippen LogP contribution in [0.4, 0.5) is 5.82 Å². The molecule has 7 heteroatoms. The van der Waals surface area contributed by atoms with Crippen LogP contribution in [0.1, 0.15) is 40.7 Å². The number of benzene rings is 1. The first-order valence-electron chi connectivity index (χ1n) is 11.7. The van der Waals surface area contributed by atoms with Crippen molar-refractivity contribution in [1.82, 2.24) is 19.6 Å². The minimum Gasteiger partial charge on any atom is -0.354 e. The number of carbonyl (C=O) groups excluding carboxylic acids is 1. The standard InChI is InChI=1S/C26H31N5OS/c1-4-22-26(30(3)17-21-15-18-7-5-6-8-23(18)33-21)31-16-19(9-10-24(31)28-22)25(32)27-20-11-13-29(2)14-12-20/h5-10,15-16,20H,4,11-14,17H2,1-3H3,(H,27,32). The highest BCUT2D eigenvalue weighted by Crippen LogP contribution is 2.29. The van der Waals surface area contributed by atoms with E-state index in [1.54, 1.807) is 0 Å². The molecule has 1 amide bonds. The van der Waals surface area contributed by atoms with E-state index in [9.17, 15) is 4.79 Å². The van der Waals surface area contributed by atoms with Crippen LogP contribution >= 0.6 is 11.3 Å². The molecular weight excluding hydrogens is 430 g/mol. The Morgan fingerprint density at radius 3 is 2.76 bits per heavy atom. The van der Waals surface area contributed by atoms with Gasteiger partial charge in [-0.2, -0.15) is 0 Å². The van der Waals surface area contributed by atoms with E-state index in [1.807, 2.05) is 29.7 Å². The van der Waals surface area contributed by atoms with Crippen LogP contribution in [0.25, 0.3) is 15.7 Å². The largest absolute Gasteiger partial charge is 0.354 e. The first-order chi connectivity index (χ1) is 16.0. The average molecular weight is 462 g/mol. The monoisotopic (exact) mass is 461 g/mol. The predicted molar refractivity (Wildman–Crippen MR) is 136 cm³/mol. The van der Waals surface area contributed by atoms with Crippen LogP contribution in [0, 0.1) is 0 Å². The molecule has 172 valence electrons. The number of amides is 1. The molecule has 1 fully saturated rings. The van der Waals surface area contributed by atoms with E-state index in [0.29, 0.717) is 5.56 Å². The number of hydrogen-bond acceptors (Lipinski definition) is 5. The third-order valence-corrected chi connectivity index (χ3v) is 7.65. The number of pyridine rings is 1. The number of aryl methyl sites for hydroxylation is 1. The van der Waals surface area contributed by atoms with Crippen molar-refractivity contribution < 1.29 is 4.79 Å². The van der Waals surface area contributed by atoms with Gasteiger partial charge >= 0.3 is 0 Å². The number of fused-ring (bicyclic) bond motifs is 2. The van der Waals surface area contributed by atoms with Gasteiger partial charge in [0.2, 0.25) is 0 Å². The number of anilines is 1. The predicted octanol–water partition coefficient (Wildman–Crippen LogP) is 4.57. The molecule has 0 aliphatic carbocycles. The number of likely N-dealkylation sites (tertiary alicyclic amines) is 1. The van der Waals surface area contributed by atoms with Gasteiger partial charge in [-0.15, -0.1) is 11.3 Å². The molecule has 4 aromatic rings. The van der Waals surface area contributed by atoms with Crippen molar-refractivity contribution in [1.29, 1.82) is 0 Å². The Labute approximate surface area is 198 Å². The summed E-state index contributed by atoms with van der Waals surface area (Å²) < 4.78 is 3.39. The van der Waals surface area contributed by atoms with Crippen LogP contribution in [0.2, 0.25) is 0 Å². The number of piperidine rings is 1. The van der Waals surface area contributed by atoms with E-state index in [2.05, 4.69) is 70.9 Å². The van der Waals surface area contributed by atoms with Crippen LogP contribution in [-0.2, 0) is 13.0 Å². The van der Waals surface area contributed by atoms with Crippen molar-refractivity contribution in [3.05, 3.63) is 64.8 Å². The number of hydrogen-bond donors (Lipinski definition) is 1. The van der Waals surface area contributed by atoms with Gasteiger partial charge in [0.15, 0.2) is 0 Å². The van der Waals surface area contributed by atoms with Gasteiger partial charge in [0.1, 0.15) is 11.5 Å². The molecule has 1 saturated heterocycles. The second-order valence-corrected chi connectivity index (χ2v) is 10.2. The maximum atomic E-state index is 13.0. The lowest BCUT2D eigenvalue weighted by Gasteiger charge is -2.29. The number of rotatable bonds is 6. The van der Waals surface area contributed by atoms with E-state index >= 15 is 0 Å². The van der Waals surface area contributed by atoms with Gasteiger partial charge in [0, 0.05) is 28.9 Å². The number of thiophene rings is 1. The molecule has 3 aromatic heterocycles. The SMILES string of the molecule is CCc1nc2ccc(C(=O)NC3CCN(C)CC3)cn2c1N(C)Cc1cc2ccccc2s1. The Bertz CT molecular complexity index is 1250. The molecule has 33 heavy (non-hydrogen) atoms. The summed E-state index contributed by atoms with van der Waals surface area (Å²) in [7, 11) is 4.24. The van der Waals surface area contributed by atoms with Crippen molar-refractivity contribution in [2.75, 3.05) is 32.1 Å². The van der Waals surface area contributed by atoms with Crippen LogP contribution in [0.15, 0.2) is 48.7 Å². The lowest BCUT2D eigenvalue weighted by molar-refractivity contribution is 0.0916. The maximum Gasteiger partial charge on any atom is 0.252 e. The molecule has 0 unspecified atom stereocenters. The first kappa shape index (κ1) is 21.9. The van der Waals surface area contributed by atoms with Crippen molar-refractivity contribution in [2.45, 2.75) is 38.8 Å². The number of nitrogens with one attached hydrogen (secondary N) is 1. The molecule has 1 aliphatic rings. The molecule has 0 saturated carbocycles. The molecule has 5 rings (SSSR count). The molecule has 1 aromatic carbocycles. The molecule has 6 nitrogen and oxygen atoms in total. The number of nitrogens with zero attached hydrogens (tertiary/aromatic N) is 4. The molecule has 0 atom stereocenters. The highest BCUT2D eigenvalue weighted by atomic mass is 32.1. The van der Waals surface area contributed by atoms with Crippen LogP contribution in [0.5, 0.6) is 0 Å². The highest BCUT2D eigenvalue weighted by molar-refractivity contribution is 7.19. The second kappa shape index (κ2) is 9.15. The van der Waals surface area contributed by atoms with Crippen molar-refractivity contribution in [2.24, 2.45) is 0 Å². The summed E-state index contributed by atoms with van der Waals surface area (Å²) in [4.78, 5) is 23.7. The smallest absolute Gasteiger partial charge is 0.252 e. The summed E-state index contributed by atoms with van der Waals surface area (Å²) in [5, 5.41) is 4.52. The van der Waals surface area contributed by atoms with Gasteiger partial charge in [-0.05, 0) is 69.1 Å². The minimum absolute atomic E-state index is 0.00342. The van der Waals surface area contributed by atoms with E-state index in [0.717, 1.165) is 56.1 Å². The Balaban J connectivity index is 1.41. The van der Waals surface area contributed by atoms with Crippen LogP contribution in [-0.4, -0.2) is 53.4 Å². The minimum atomic E-state index is -0.00342. The summed E-state index contributed by atoms with van der Waals surface area (Å²) in [5.74, 6) is 1.05. The fourth-order valence-corrected chi connectivity index (χ4v) is 5.82. The summed E-state index contributed by atoms with van der Waals surface area (Å²) in [6, 6.07) is 14.9. The summed E-state index contributed by atoms with van der Waals surface area (Å²) in [5.41, 5.74) is 2.60. The van der Waals surface area contributed by atoms with E-state index < -0.39 is 0 Å². The number of carbonyl (C=O) groups is 1. The Morgan fingerprint density at radius 1 is 1.21 bits per heavy atom. The van der Waals surface area contributed by atoms with Gasteiger partial charge in [0.25, 0.3) is 5.91 Å². The summed E-state index contributed by atoms with van der Waals surface area (Å²) in [6.45, 7) is 4.98. The van der Waals surface area contributed by atoms with Gasteiger partial charge in [-0.1, -0.05) is 25.1 Å². The third-order valence-electron chi connectivity index (χ3n) is 6.54. The molecule has 0 radical (unpaired) electrons. The maximum absolute atomic E-state index is 13.0. The normalized spacial score (nSPS) is 15.4. The van der Waals surface area contributed by atoms with Crippen molar-refractivity contribution in [3.63, 3.8) is 0 Å². The second-order valence-electron chi connectivity index (χ2n) is 9.04. The van der Waals surface area contributed by atoms with Crippen molar-refractivity contribution >= 4 is 38.8 Å². The van der Waals surface area contributed by atoms with Gasteiger partial charge < -0.3 is 15.1 Å². The lowest BCUT2D eigenvalue weighted by Crippen LogP contribution is -2.43. The zero-order chi connectivity index (χ0) is 22.9. The third kappa shape index (κ3) is 4.48. The lowest BCUT2D eigenvalue weighted by atomic mass is 10.1. The fraction of sp³-hybridized carbons (Fsp3) is 0.385. The summed E-state index contributed by atoms with van der Waals surface area (Å²) >= 11 is 1.83. The Morgan fingerprint density at radius 2 is 2.00 bits per heavy atom. The zero-order valence-electron chi connectivity index (χ0n) is 19.5. The number of imidazole rings is 1. The Kier molecular flexibility index (Phi) is 6.08. The number of aromatic nitrogens is 2. The molecule has 0 bridgehead atoms. The molecule has 1 N–H and O–H groups in total. The van der Waals surface area contributed by atoms with Gasteiger partial charge in [-0.25, -0.2) is 4.98 Å². The van der Waals surface area contributed by atoms with E-state index in [4.69, 9.17) is 4.98 Å². The average Bonchev–Trinajstić information content (AvgIpc) is 3.40. The summed E-state index contributed by atoms with van der Waals surface area (Å²) in [6.07, 6.45) is 4.78. The zero-order valence-corrected chi connectivity index (χ0v) is 20.4. The first-order valence-corrected chi connectivity index (χ1v) is 12.5. The molecule has 4 heterocycles. The quantitative estimate of drug-likeness (QED) is 0.457. The van der Waals surface area contributed by atoms with Crippen LogP contribution in [0.3, 0.4) is 0 Å². The highest BCUT2D eigenvalue weighted by Gasteiger charge is 2.21. The van der Waals surface area contributed by atoms with Gasteiger partial charge in [0.05, 0.1) is 17.8 Å². The van der Waals surface area contributed by atoms with Gasteiger partial charge in [-0.3, -0.25) is 9.20 Å².